The van der Waals surface area contributed by atoms with Gasteiger partial charge in [0.15, 0.2) is 0 Å². The summed E-state index contributed by atoms with van der Waals surface area (Å²) in [6, 6.07) is 0. The Kier molecular flexibility index (Phi) is 5.74. The van der Waals surface area contributed by atoms with Crippen LogP contribution in [0.1, 0.15) is 79.1 Å². The first-order valence-corrected chi connectivity index (χ1v) is 12.0. The molecule has 4 aliphatic rings. The molecule has 0 aliphatic heterocycles. The summed E-state index contributed by atoms with van der Waals surface area (Å²) in [5.74, 6) is 1.82. The highest BCUT2D eigenvalue weighted by Crippen LogP contribution is 2.68. The van der Waals surface area contributed by atoms with Crippen molar-refractivity contribution in [2.45, 2.75) is 91.3 Å². The first-order chi connectivity index (χ1) is 14.1. The maximum atomic E-state index is 12.3. The molecule has 5 nitrogen and oxygen atoms in total. The molecule has 4 fully saturated rings. The molecule has 4 rings (SSSR count). The number of carbonyl (C=O) groups is 2. The molecule has 4 aliphatic carbocycles. The smallest absolute Gasteiger partial charge is 0.308 e. The van der Waals surface area contributed by atoms with Gasteiger partial charge in [-0.15, -0.1) is 0 Å². The lowest BCUT2D eigenvalue weighted by Gasteiger charge is -2.62. The van der Waals surface area contributed by atoms with Crippen molar-refractivity contribution in [3.63, 3.8) is 0 Å². The van der Waals surface area contributed by atoms with Crippen LogP contribution in [-0.4, -0.2) is 36.4 Å². The molecule has 1 N–H and O–H groups in total. The molecule has 4 saturated carbocycles. The fourth-order valence-electron chi connectivity index (χ4n) is 8.90. The molecule has 0 bridgehead atoms. The first-order valence-electron chi connectivity index (χ1n) is 12.0. The molecule has 0 aromatic rings. The number of hydrogen-bond acceptors (Lipinski definition) is 5. The van der Waals surface area contributed by atoms with Crippen molar-refractivity contribution in [1.82, 2.24) is 0 Å². The summed E-state index contributed by atoms with van der Waals surface area (Å²) in [5.41, 5.74) is 0.124. The molecule has 0 saturated heterocycles. The number of aliphatic hydroxyl groups is 1. The Morgan fingerprint density at radius 1 is 1.07 bits per heavy atom. The van der Waals surface area contributed by atoms with E-state index < -0.39 is 0 Å². The number of hydrogen-bond donors (Lipinski definition) is 1. The average Bonchev–Trinajstić information content (AvgIpc) is 3.02. The third-order valence-electron chi connectivity index (χ3n) is 10.1. The average molecular weight is 421 g/mol. The van der Waals surface area contributed by atoms with E-state index in [-0.39, 0.29) is 46.8 Å². The van der Waals surface area contributed by atoms with Gasteiger partial charge in [0, 0.05) is 6.92 Å². The summed E-state index contributed by atoms with van der Waals surface area (Å²) in [7, 11) is 1.48. The van der Waals surface area contributed by atoms with Crippen LogP contribution in [0.15, 0.2) is 0 Å². The number of carbonyl (C=O) groups excluding carboxylic acids is 2. The standard InChI is InChI=1S/C25H40O5/c1-14(23(28)29-5)19-8-9-20-18-7-6-16-12-17(30-15(2)26)10-11-24(16,3)22(18)21(27)13-25(19,20)4/h14,16-22,27H,6-13H2,1-5H3. The van der Waals surface area contributed by atoms with Crippen LogP contribution < -0.4 is 0 Å². The summed E-state index contributed by atoms with van der Waals surface area (Å²) in [4.78, 5) is 23.8. The molecule has 10 atom stereocenters. The molecule has 0 heterocycles. The van der Waals surface area contributed by atoms with Crippen molar-refractivity contribution in [2.24, 2.45) is 46.3 Å². The van der Waals surface area contributed by atoms with E-state index in [1.807, 2.05) is 6.92 Å². The fourth-order valence-corrected chi connectivity index (χ4v) is 8.90. The fraction of sp³-hybridized carbons (Fsp3) is 0.920. The Labute approximate surface area is 181 Å². The van der Waals surface area contributed by atoms with Crippen molar-refractivity contribution < 1.29 is 24.2 Å². The third-order valence-corrected chi connectivity index (χ3v) is 10.1. The Balaban J connectivity index is 1.56. The van der Waals surface area contributed by atoms with Gasteiger partial charge in [-0.05, 0) is 91.8 Å². The van der Waals surface area contributed by atoms with Gasteiger partial charge in [-0.3, -0.25) is 9.59 Å². The number of ether oxygens (including phenoxy) is 2. The number of esters is 2. The minimum atomic E-state index is -0.320. The van der Waals surface area contributed by atoms with Crippen LogP contribution in [0.2, 0.25) is 0 Å². The van der Waals surface area contributed by atoms with Gasteiger partial charge in [-0.25, -0.2) is 0 Å². The minimum Gasteiger partial charge on any atom is -0.469 e. The second-order valence-corrected chi connectivity index (χ2v) is 11.4. The van der Waals surface area contributed by atoms with Crippen LogP contribution in [-0.2, 0) is 19.1 Å². The van der Waals surface area contributed by atoms with Crippen molar-refractivity contribution in [3.8, 4) is 0 Å². The zero-order chi connectivity index (χ0) is 21.8. The van der Waals surface area contributed by atoms with Gasteiger partial charge in [-0.1, -0.05) is 20.8 Å². The molecule has 0 radical (unpaired) electrons. The molecule has 0 spiro atoms. The van der Waals surface area contributed by atoms with Crippen LogP contribution in [0.3, 0.4) is 0 Å². The Morgan fingerprint density at radius 3 is 2.47 bits per heavy atom. The van der Waals surface area contributed by atoms with E-state index in [0.717, 1.165) is 51.4 Å². The lowest BCUT2D eigenvalue weighted by molar-refractivity contribution is -0.187. The highest BCUT2D eigenvalue weighted by molar-refractivity contribution is 5.72. The minimum absolute atomic E-state index is 0.00628. The van der Waals surface area contributed by atoms with E-state index >= 15 is 0 Å². The lowest BCUT2D eigenvalue weighted by atomic mass is 9.43. The van der Waals surface area contributed by atoms with Gasteiger partial charge in [0.05, 0.1) is 19.1 Å². The van der Waals surface area contributed by atoms with Gasteiger partial charge < -0.3 is 14.6 Å². The van der Waals surface area contributed by atoms with Crippen LogP contribution in [0.5, 0.6) is 0 Å². The Hall–Kier alpha value is -1.10. The van der Waals surface area contributed by atoms with Crippen molar-refractivity contribution >= 4 is 11.9 Å². The van der Waals surface area contributed by atoms with Crippen molar-refractivity contribution in [2.75, 3.05) is 7.11 Å². The lowest BCUT2D eigenvalue weighted by Crippen LogP contribution is -2.59. The van der Waals surface area contributed by atoms with E-state index in [2.05, 4.69) is 13.8 Å². The SMILES string of the molecule is COC(=O)C(C)C1CCC2C3CCC4CC(OC(C)=O)CCC4(C)C3C(O)CC12C. The predicted molar refractivity (Wildman–Crippen MR) is 113 cm³/mol. The van der Waals surface area contributed by atoms with Gasteiger partial charge in [0.25, 0.3) is 0 Å². The van der Waals surface area contributed by atoms with E-state index in [0.29, 0.717) is 23.7 Å². The van der Waals surface area contributed by atoms with Crippen molar-refractivity contribution in [1.29, 1.82) is 0 Å². The van der Waals surface area contributed by atoms with Crippen LogP contribution in [0.25, 0.3) is 0 Å². The number of methoxy groups -OCH3 is 1. The zero-order valence-electron chi connectivity index (χ0n) is 19.4. The highest BCUT2D eigenvalue weighted by Gasteiger charge is 2.64. The van der Waals surface area contributed by atoms with Crippen LogP contribution in [0.4, 0.5) is 0 Å². The topological polar surface area (TPSA) is 72.8 Å². The number of rotatable bonds is 3. The predicted octanol–water partition coefficient (Wildman–Crippen LogP) is 4.36. The van der Waals surface area contributed by atoms with Crippen molar-refractivity contribution in [3.05, 3.63) is 0 Å². The Morgan fingerprint density at radius 2 is 1.80 bits per heavy atom. The summed E-state index contributed by atoms with van der Waals surface area (Å²) >= 11 is 0. The molecule has 170 valence electrons. The van der Waals surface area contributed by atoms with Gasteiger partial charge in [0.1, 0.15) is 6.10 Å². The molecule has 30 heavy (non-hydrogen) atoms. The molecule has 5 heteroatoms. The Bertz CT molecular complexity index is 691. The molecule has 0 amide bonds. The summed E-state index contributed by atoms with van der Waals surface area (Å²) in [5, 5.41) is 11.5. The maximum Gasteiger partial charge on any atom is 0.308 e. The molecule has 10 unspecified atom stereocenters. The largest absolute Gasteiger partial charge is 0.469 e. The van der Waals surface area contributed by atoms with Gasteiger partial charge in [0.2, 0.25) is 0 Å². The van der Waals surface area contributed by atoms with E-state index in [9.17, 15) is 14.7 Å². The monoisotopic (exact) mass is 420 g/mol. The molecule has 0 aromatic carbocycles. The third kappa shape index (κ3) is 3.30. The van der Waals surface area contributed by atoms with Crippen LogP contribution >= 0.6 is 0 Å². The van der Waals surface area contributed by atoms with Crippen LogP contribution in [0, 0.1) is 46.3 Å². The highest BCUT2D eigenvalue weighted by atomic mass is 16.5. The second kappa shape index (κ2) is 7.79. The number of aliphatic hydroxyl groups excluding tert-OH is 1. The first kappa shape index (κ1) is 22.1. The van der Waals surface area contributed by atoms with Gasteiger partial charge >= 0.3 is 11.9 Å². The summed E-state index contributed by atoms with van der Waals surface area (Å²) < 4.78 is 10.6. The van der Waals surface area contributed by atoms with E-state index in [1.165, 1.54) is 14.0 Å². The molecular weight excluding hydrogens is 380 g/mol. The second-order valence-electron chi connectivity index (χ2n) is 11.4. The normalized spacial score (nSPS) is 48.7. The maximum absolute atomic E-state index is 12.3. The molecule has 0 aromatic heterocycles. The summed E-state index contributed by atoms with van der Waals surface area (Å²) in [6.07, 6.45) is 7.91. The van der Waals surface area contributed by atoms with E-state index in [4.69, 9.17) is 9.47 Å². The van der Waals surface area contributed by atoms with E-state index in [1.54, 1.807) is 0 Å². The number of fused-ring (bicyclic) bond motifs is 5. The summed E-state index contributed by atoms with van der Waals surface area (Å²) in [6.45, 7) is 8.24. The quantitative estimate of drug-likeness (QED) is 0.687. The molecular formula is C25H40O5. The zero-order valence-corrected chi connectivity index (χ0v) is 19.4. The van der Waals surface area contributed by atoms with Gasteiger partial charge in [-0.2, -0.15) is 0 Å².